The number of hydrogen-bond donors (Lipinski definition) is 2. The fraction of sp³-hybridized carbons (Fsp3) is 0.533. The largest absolute Gasteiger partial charge is 0.325 e. The Labute approximate surface area is 110 Å². The third kappa shape index (κ3) is 5.82. The van der Waals surface area contributed by atoms with Gasteiger partial charge in [-0.15, -0.1) is 0 Å². The minimum atomic E-state index is 0.0174. The molecule has 0 fully saturated rings. The smallest absolute Gasteiger partial charge is 0.238 e. The van der Waals surface area contributed by atoms with Gasteiger partial charge < -0.3 is 10.6 Å². The lowest BCUT2D eigenvalue weighted by atomic mass is 10.1. The molecule has 3 nitrogen and oxygen atoms in total. The summed E-state index contributed by atoms with van der Waals surface area (Å²) in [6, 6.07) is 6.06. The van der Waals surface area contributed by atoms with Gasteiger partial charge in [0.15, 0.2) is 0 Å². The summed E-state index contributed by atoms with van der Waals surface area (Å²) in [5.74, 6) is 0.684. The van der Waals surface area contributed by atoms with Crippen LogP contribution >= 0.6 is 0 Å². The minimum absolute atomic E-state index is 0.0174. The van der Waals surface area contributed by atoms with Gasteiger partial charge in [-0.1, -0.05) is 19.9 Å². The fourth-order valence-electron chi connectivity index (χ4n) is 1.84. The fourth-order valence-corrected chi connectivity index (χ4v) is 1.84. The van der Waals surface area contributed by atoms with Crippen LogP contribution in [0.5, 0.6) is 0 Å². The molecule has 0 spiro atoms. The van der Waals surface area contributed by atoms with Crippen molar-refractivity contribution in [2.24, 2.45) is 5.92 Å². The Morgan fingerprint density at radius 1 is 1.17 bits per heavy atom. The highest BCUT2D eigenvalue weighted by Crippen LogP contribution is 2.13. The van der Waals surface area contributed by atoms with Crippen LogP contribution in [0.4, 0.5) is 5.69 Å². The first-order valence-corrected chi connectivity index (χ1v) is 6.56. The SMILES string of the molecule is Cc1cc(C)cc(NC(=O)CNCCC(C)C)c1. The van der Waals surface area contributed by atoms with Crippen molar-refractivity contribution in [2.75, 3.05) is 18.4 Å². The van der Waals surface area contributed by atoms with Gasteiger partial charge in [-0.25, -0.2) is 0 Å². The van der Waals surface area contributed by atoms with E-state index in [0.29, 0.717) is 12.5 Å². The lowest BCUT2D eigenvalue weighted by Crippen LogP contribution is -2.29. The molecule has 0 aromatic heterocycles. The molecule has 0 unspecified atom stereocenters. The van der Waals surface area contributed by atoms with Crippen molar-refractivity contribution in [3.05, 3.63) is 29.3 Å². The molecule has 18 heavy (non-hydrogen) atoms. The molecule has 1 aromatic carbocycles. The molecule has 0 radical (unpaired) electrons. The van der Waals surface area contributed by atoms with E-state index in [1.165, 1.54) is 0 Å². The monoisotopic (exact) mass is 248 g/mol. The van der Waals surface area contributed by atoms with Crippen molar-refractivity contribution < 1.29 is 4.79 Å². The maximum absolute atomic E-state index is 11.7. The van der Waals surface area contributed by atoms with Crippen LogP contribution < -0.4 is 10.6 Å². The van der Waals surface area contributed by atoms with E-state index < -0.39 is 0 Å². The summed E-state index contributed by atoms with van der Waals surface area (Å²) in [6.07, 6.45) is 1.09. The van der Waals surface area contributed by atoms with Crippen LogP contribution in [0.3, 0.4) is 0 Å². The predicted molar refractivity (Wildman–Crippen MR) is 76.9 cm³/mol. The number of carbonyl (C=O) groups is 1. The zero-order valence-electron chi connectivity index (χ0n) is 11.8. The number of anilines is 1. The Morgan fingerprint density at radius 2 is 1.78 bits per heavy atom. The lowest BCUT2D eigenvalue weighted by Gasteiger charge is -2.09. The molecule has 0 saturated carbocycles. The summed E-state index contributed by atoms with van der Waals surface area (Å²) in [5, 5.41) is 6.06. The highest BCUT2D eigenvalue weighted by Gasteiger charge is 2.03. The molecule has 0 aliphatic heterocycles. The van der Waals surface area contributed by atoms with Gasteiger partial charge in [0.25, 0.3) is 0 Å². The van der Waals surface area contributed by atoms with Crippen molar-refractivity contribution in [3.63, 3.8) is 0 Å². The number of aryl methyl sites for hydroxylation is 2. The van der Waals surface area contributed by atoms with Crippen molar-refractivity contribution in [3.8, 4) is 0 Å². The van der Waals surface area contributed by atoms with Crippen LogP contribution in [0.15, 0.2) is 18.2 Å². The average Bonchev–Trinajstić information content (AvgIpc) is 2.22. The summed E-state index contributed by atoms with van der Waals surface area (Å²) in [5.41, 5.74) is 3.21. The van der Waals surface area contributed by atoms with Crippen molar-refractivity contribution in [2.45, 2.75) is 34.1 Å². The van der Waals surface area contributed by atoms with Gasteiger partial charge in [0.1, 0.15) is 0 Å². The molecule has 0 heterocycles. The number of carbonyl (C=O) groups excluding carboxylic acids is 1. The van der Waals surface area contributed by atoms with E-state index >= 15 is 0 Å². The quantitative estimate of drug-likeness (QED) is 0.760. The molecule has 1 rings (SSSR count). The van der Waals surface area contributed by atoms with E-state index in [2.05, 4.69) is 30.5 Å². The first-order chi connectivity index (χ1) is 8.47. The van der Waals surface area contributed by atoms with Crippen molar-refractivity contribution >= 4 is 11.6 Å². The van der Waals surface area contributed by atoms with Crippen LogP contribution in [0.25, 0.3) is 0 Å². The van der Waals surface area contributed by atoms with E-state index in [4.69, 9.17) is 0 Å². The Hall–Kier alpha value is -1.35. The summed E-state index contributed by atoms with van der Waals surface area (Å²) in [4.78, 5) is 11.7. The van der Waals surface area contributed by atoms with Crippen LogP contribution in [-0.4, -0.2) is 19.0 Å². The maximum Gasteiger partial charge on any atom is 0.238 e. The first kappa shape index (κ1) is 14.7. The van der Waals surface area contributed by atoms with Crippen LogP contribution in [0, 0.1) is 19.8 Å². The van der Waals surface area contributed by atoms with Gasteiger partial charge in [-0.3, -0.25) is 4.79 Å². The van der Waals surface area contributed by atoms with Gasteiger partial charge in [0.2, 0.25) is 5.91 Å². The van der Waals surface area contributed by atoms with Crippen LogP contribution in [0.1, 0.15) is 31.4 Å². The topological polar surface area (TPSA) is 41.1 Å². The second kappa shape index (κ2) is 7.17. The highest BCUT2D eigenvalue weighted by atomic mass is 16.1. The van der Waals surface area contributed by atoms with Crippen molar-refractivity contribution in [1.29, 1.82) is 0 Å². The molecule has 0 bridgehead atoms. The number of amides is 1. The van der Waals surface area contributed by atoms with Gasteiger partial charge in [-0.2, -0.15) is 0 Å². The van der Waals surface area contributed by atoms with E-state index in [1.54, 1.807) is 0 Å². The predicted octanol–water partition coefficient (Wildman–Crippen LogP) is 2.88. The van der Waals surface area contributed by atoms with Crippen LogP contribution in [0.2, 0.25) is 0 Å². The number of benzene rings is 1. The molecule has 0 aliphatic rings. The molecule has 0 atom stereocenters. The van der Waals surface area contributed by atoms with E-state index in [-0.39, 0.29) is 5.91 Å². The molecule has 0 aliphatic carbocycles. The summed E-state index contributed by atoms with van der Waals surface area (Å²) < 4.78 is 0. The Kier molecular flexibility index (Phi) is 5.86. The molecule has 1 aromatic rings. The molecule has 1 amide bonds. The third-order valence-electron chi connectivity index (χ3n) is 2.69. The lowest BCUT2D eigenvalue weighted by molar-refractivity contribution is -0.115. The molecule has 2 N–H and O–H groups in total. The zero-order chi connectivity index (χ0) is 13.5. The van der Waals surface area contributed by atoms with Gasteiger partial charge >= 0.3 is 0 Å². The first-order valence-electron chi connectivity index (χ1n) is 6.56. The number of rotatable bonds is 6. The highest BCUT2D eigenvalue weighted by molar-refractivity contribution is 5.92. The normalized spacial score (nSPS) is 10.7. The Bertz CT molecular complexity index is 379. The standard InChI is InChI=1S/C15H24N2O/c1-11(2)5-6-16-10-15(18)17-14-8-12(3)7-13(4)9-14/h7-9,11,16H,5-6,10H2,1-4H3,(H,17,18). The van der Waals surface area contributed by atoms with Gasteiger partial charge in [0.05, 0.1) is 6.54 Å². The van der Waals surface area contributed by atoms with Gasteiger partial charge in [-0.05, 0) is 56.0 Å². The zero-order valence-corrected chi connectivity index (χ0v) is 11.8. The number of nitrogens with one attached hydrogen (secondary N) is 2. The maximum atomic E-state index is 11.7. The number of hydrogen-bond acceptors (Lipinski definition) is 2. The Morgan fingerprint density at radius 3 is 2.33 bits per heavy atom. The minimum Gasteiger partial charge on any atom is -0.325 e. The summed E-state index contributed by atoms with van der Waals surface area (Å²) in [7, 11) is 0. The summed E-state index contributed by atoms with van der Waals surface area (Å²) in [6.45, 7) is 9.68. The molecule has 100 valence electrons. The molecule has 0 saturated heterocycles. The van der Waals surface area contributed by atoms with E-state index in [0.717, 1.165) is 29.8 Å². The second-order valence-corrected chi connectivity index (χ2v) is 5.28. The molecular formula is C15H24N2O. The molecular weight excluding hydrogens is 224 g/mol. The Balaban J connectivity index is 2.35. The summed E-state index contributed by atoms with van der Waals surface area (Å²) >= 11 is 0. The second-order valence-electron chi connectivity index (χ2n) is 5.28. The molecule has 3 heteroatoms. The average molecular weight is 248 g/mol. The van der Waals surface area contributed by atoms with E-state index in [1.807, 2.05) is 26.0 Å². The van der Waals surface area contributed by atoms with Gasteiger partial charge in [0, 0.05) is 5.69 Å². The van der Waals surface area contributed by atoms with E-state index in [9.17, 15) is 4.79 Å². The van der Waals surface area contributed by atoms with Crippen LogP contribution in [-0.2, 0) is 4.79 Å². The third-order valence-corrected chi connectivity index (χ3v) is 2.69. The van der Waals surface area contributed by atoms with Crippen molar-refractivity contribution in [1.82, 2.24) is 5.32 Å².